The van der Waals surface area contributed by atoms with Crippen molar-refractivity contribution in [1.29, 1.82) is 0 Å². The molecule has 1 aliphatic heterocycles. The molecule has 108 valence electrons. The van der Waals surface area contributed by atoms with Crippen LogP contribution in [-0.2, 0) is 4.74 Å². The highest BCUT2D eigenvalue weighted by molar-refractivity contribution is 6.30. The molecular weight excluding hydrogens is 290 g/mol. The van der Waals surface area contributed by atoms with Crippen molar-refractivity contribution in [3.63, 3.8) is 0 Å². The van der Waals surface area contributed by atoms with Crippen LogP contribution in [0, 0.1) is 11.3 Å². The molecule has 20 heavy (non-hydrogen) atoms. The maximum atomic E-state index is 11.8. The summed E-state index contributed by atoms with van der Waals surface area (Å²) in [6.07, 6.45) is -2.52. The van der Waals surface area contributed by atoms with Crippen molar-refractivity contribution in [3.05, 3.63) is 16.8 Å². The van der Waals surface area contributed by atoms with Gasteiger partial charge in [-0.3, -0.25) is 4.57 Å². The molecule has 2 heterocycles. The van der Waals surface area contributed by atoms with Gasteiger partial charge in [-0.25, -0.2) is 9.78 Å². The topological polar surface area (TPSA) is 150 Å². The zero-order valence-electron chi connectivity index (χ0n) is 10.1. The summed E-state index contributed by atoms with van der Waals surface area (Å²) in [5.74, 6) is 2.17. The second-order valence-corrected chi connectivity index (χ2v) is 4.40. The molecule has 0 aromatic carbocycles. The lowest BCUT2D eigenvalue weighted by Gasteiger charge is -2.27. The van der Waals surface area contributed by atoms with Crippen LogP contribution in [-0.4, -0.2) is 49.1 Å². The van der Waals surface area contributed by atoms with E-state index in [0.717, 1.165) is 10.9 Å². The summed E-state index contributed by atoms with van der Waals surface area (Å²) in [4.78, 5) is 18.9. The lowest BCUT2D eigenvalue weighted by atomic mass is 9.92. The zero-order valence-corrected chi connectivity index (χ0v) is 10.9. The third kappa shape index (κ3) is 2.24. The minimum absolute atomic E-state index is 0.213. The maximum Gasteiger partial charge on any atom is 0.354 e. The van der Waals surface area contributed by atoms with Crippen LogP contribution < -0.4 is 17.2 Å². The van der Waals surface area contributed by atoms with Crippen LogP contribution in [0.3, 0.4) is 0 Å². The molecule has 1 fully saturated rings. The SMILES string of the molecule is Nc1ncn([C@@H]2O[C@H](CO)[C@H](O)C2(N)C#CCl)c(=O)n1. The van der Waals surface area contributed by atoms with Gasteiger partial charge < -0.3 is 26.4 Å². The first kappa shape index (κ1) is 14.7. The van der Waals surface area contributed by atoms with Gasteiger partial charge >= 0.3 is 5.69 Å². The molecule has 1 aliphatic rings. The number of hydrogen-bond donors (Lipinski definition) is 4. The lowest BCUT2D eigenvalue weighted by molar-refractivity contribution is -0.0480. The number of nitrogens with two attached hydrogens (primary N) is 2. The number of aromatic nitrogens is 3. The van der Waals surface area contributed by atoms with Gasteiger partial charge in [0, 0.05) is 5.38 Å². The van der Waals surface area contributed by atoms with Gasteiger partial charge in [0.1, 0.15) is 18.5 Å². The monoisotopic (exact) mass is 301 g/mol. The number of hydrogen-bond acceptors (Lipinski definition) is 8. The van der Waals surface area contributed by atoms with Gasteiger partial charge in [0.2, 0.25) is 5.95 Å². The summed E-state index contributed by atoms with van der Waals surface area (Å²) in [6.45, 7) is -0.509. The van der Waals surface area contributed by atoms with Crippen molar-refractivity contribution >= 4 is 17.5 Å². The number of aliphatic hydroxyl groups excluding tert-OH is 2. The maximum absolute atomic E-state index is 11.8. The van der Waals surface area contributed by atoms with E-state index in [2.05, 4.69) is 21.3 Å². The second-order valence-electron chi connectivity index (χ2n) is 4.21. The number of aliphatic hydroxyl groups is 2. The van der Waals surface area contributed by atoms with Gasteiger partial charge in [-0.1, -0.05) is 5.92 Å². The fourth-order valence-electron chi connectivity index (χ4n) is 1.98. The molecule has 1 aromatic heterocycles. The molecule has 0 bridgehead atoms. The van der Waals surface area contributed by atoms with E-state index in [4.69, 9.17) is 32.9 Å². The third-order valence-corrected chi connectivity index (χ3v) is 3.09. The van der Waals surface area contributed by atoms with E-state index in [0.29, 0.717) is 0 Å². The van der Waals surface area contributed by atoms with Crippen molar-refractivity contribution in [2.24, 2.45) is 5.73 Å². The minimum atomic E-state index is -1.70. The van der Waals surface area contributed by atoms with E-state index in [1.165, 1.54) is 0 Å². The van der Waals surface area contributed by atoms with Crippen molar-refractivity contribution < 1.29 is 14.9 Å². The van der Waals surface area contributed by atoms with E-state index in [-0.39, 0.29) is 5.95 Å². The first-order valence-electron chi connectivity index (χ1n) is 5.50. The Morgan fingerprint density at radius 1 is 1.65 bits per heavy atom. The molecule has 10 heteroatoms. The summed E-state index contributed by atoms with van der Waals surface area (Å²) in [7, 11) is 0. The smallest absolute Gasteiger partial charge is 0.354 e. The van der Waals surface area contributed by atoms with E-state index in [1.54, 1.807) is 0 Å². The van der Waals surface area contributed by atoms with Gasteiger partial charge in [-0.2, -0.15) is 4.98 Å². The Hall–Kier alpha value is -1.70. The van der Waals surface area contributed by atoms with Crippen LogP contribution in [0.5, 0.6) is 0 Å². The van der Waals surface area contributed by atoms with Crippen LogP contribution in [0.2, 0.25) is 0 Å². The highest BCUT2D eigenvalue weighted by Crippen LogP contribution is 2.35. The summed E-state index contributed by atoms with van der Waals surface area (Å²) in [5.41, 5.74) is 8.78. The number of rotatable bonds is 2. The van der Waals surface area contributed by atoms with Gasteiger partial charge in [-0.15, -0.1) is 0 Å². The third-order valence-electron chi connectivity index (χ3n) is 3.00. The van der Waals surface area contributed by atoms with Crippen LogP contribution in [0.15, 0.2) is 11.1 Å². The number of nitrogen functional groups attached to an aromatic ring is 1. The van der Waals surface area contributed by atoms with E-state index in [9.17, 15) is 9.90 Å². The first-order chi connectivity index (χ1) is 9.43. The minimum Gasteiger partial charge on any atom is -0.394 e. The van der Waals surface area contributed by atoms with E-state index >= 15 is 0 Å². The number of nitrogens with zero attached hydrogens (tertiary/aromatic N) is 3. The number of anilines is 1. The Morgan fingerprint density at radius 2 is 2.35 bits per heavy atom. The van der Waals surface area contributed by atoms with E-state index < -0.39 is 36.3 Å². The van der Waals surface area contributed by atoms with Crippen LogP contribution in [0.1, 0.15) is 6.23 Å². The zero-order chi connectivity index (χ0) is 14.9. The first-order valence-corrected chi connectivity index (χ1v) is 5.88. The standard InChI is InChI=1S/C10H12ClN5O4/c11-2-1-10(13)6(18)5(3-17)20-7(10)16-4-14-8(12)15-9(16)19/h4-7,17-18H,3,13H2,(H2,12,15,19)/t5-,6+,7-,10?/m1/s1. The summed E-state index contributed by atoms with van der Waals surface area (Å²) >= 11 is 5.34. The molecule has 0 saturated carbocycles. The average Bonchev–Trinajstić information content (AvgIpc) is 2.63. The number of ether oxygens (including phenoxy) is 1. The largest absolute Gasteiger partial charge is 0.394 e. The second kappa shape index (κ2) is 5.35. The summed E-state index contributed by atoms with van der Waals surface area (Å²) in [5, 5.41) is 21.3. The molecule has 0 spiro atoms. The Kier molecular flexibility index (Phi) is 3.94. The van der Waals surface area contributed by atoms with Crippen LogP contribution >= 0.6 is 11.6 Å². The van der Waals surface area contributed by atoms with Crippen LogP contribution in [0.4, 0.5) is 5.95 Å². The number of halogens is 1. The predicted octanol–water partition coefficient (Wildman–Crippen LogP) is -2.63. The fraction of sp³-hybridized carbons (Fsp3) is 0.500. The highest BCUT2D eigenvalue weighted by Gasteiger charge is 2.54. The summed E-state index contributed by atoms with van der Waals surface area (Å²) in [6, 6.07) is 0. The molecule has 9 nitrogen and oxygen atoms in total. The molecule has 4 atom stereocenters. The molecule has 1 aromatic rings. The van der Waals surface area contributed by atoms with Crippen molar-refractivity contribution in [3.8, 4) is 11.3 Å². The van der Waals surface area contributed by atoms with Crippen molar-refractivity contribution in [2.45, 2.75) is 24.0 Å². The van der Waals surface area contributed by atoms with Gasteiger partial charge in [0.05, 0.1) is 6.61 Å². The van der Waals surface area contributed by atoms with Gasteiger partial charge in [0.25, 0.3) is 0 Å². The highest BCUT2D eigenvalue weighted by atomic mass is 35.5. The Labute approximate surface area is 118 Å². The Balaban J connectivity index is 2.52. The predicted molar refractivity (Wildman–Crippen MR) is 68.3 cm³/mol. The Morgan fingerprint density at radius 3 is 2.90 bits per heavy atom. The fourth-order valence-corrected chi connectivity index (χ4v) is 2.14. The van der Waals surface area contributed by atoms with E-state index in [1.807, 2.05) is 0 Å². The average molecular weight is 302 g/mol. The van der Waals surface area contributed by atoms with Crippen molar-refractivity contribution in [1.82, 2.24) is 14.5 Å². The Bertz CT molecular complexity index is 626. The molecule has 2 rings (SSSR count). The van der Waals surface area contributed by atoms with Gasteiger partial charge in [0.15, 0.2) is 11.8 Å². The molecule has 6 N–H and O–H groups in total. The van der Waals surface area contributed by atoms with Gasteiger partial charge in [-0.05, 0) is 11.6 Å². The summed E-state index contributed by atoms with van der Waals surface area (Å²) < 4.78 is 6.28. The molecule has 0 amide bonds. The molecule has 1 unspecified atom stereocenters. The normalized spacial score (nSPS) is 32.7. The molecule has 0 radical (unpaired) electrons. The molecule has 1 saturated heterocycles. The quantitative estimate of drug-likeness (QED) is 0.433. The molecular formula is C10H12ClN5O4. The van der Waals surface area contributed by atoms with Crippen LogP contribution in [0.25, 0.3) is 0 Å². The lowest BCUT2D eigenvalue weighted by Crippen LogP contribution is -2.55. The van der Waals surface area contributed by atoms with Crippen molar-refractivity contribution in [2.75, 3.05) is 12.3 Å². The molecule has 0 aliphatic carbocycles.